The molecule has 1 atom stereocenters. The van der Waals surface area contributed by atoms with E-state index in [4.69, 9.17) is 0 Å². The van der Waals surface area contributed by atoms with Crippen LogP contribution in [0.4, 0.5) is 0 Å². The maximum Gasteiger partial charge on any atom is 0.0756 e. The summed E-state index contributed by atoms with van der Waals surface area (Å²) in [5, 5.41) is 3.67. The molecule has 116 valence electrons. The van der Waals surface area contributed by atoms with Gasteiger partial charge in [-0.1, -0.05) is 60.7 Å². The fraction of sp³-hybridized carbons (Fsp3) is 0.190. The molecule has 23 heavy (non-hydrogen) atoms. The molecule has 1 aromatic heterocycles. The van der Waals surface area contributed by atoms with Gasteiger partial charge in [0, 0.05) is 12.7 Å². The summed E-state index contributed by atoms with van der Waals surface area (Å²) in [5.74, 6) is 0. The first-order valence-electron chi connectivity index (χ1n) is 7.99. The predicted octanol–water partition coefficient (Wildman–Crippen LogP) is 4.58. The number of nitrogens with one attached hydrogen (secondary N) is 1. The first-order valence-corrected chi connectivity index (χ1v) is 7.99. The molecular weight excluding hydrogens is 280 g/mol. The molecular formula is C21H22N2. The van der Waals surface area contributed by atoms with Crippen LogP contribution in [0.5, 0.6) is 0 Å². The van der Waals surface area contributed by atoms with Gasteiger partial charge in [0.25, 0.3) is 0 Å². The number of nitrogens with zero attached hydrogens (tertiary/aromatic N) is 1. The van der Waals surface area contributed by atoms with E-state index in [-0.39, 0.29) is 6.04 Å². The van der Waals surface area contributed by atoms with E-state index in [2.05, 4.69) is 84.8 Å². The monoisotopic (exact) mass is 302 g/mol. The highest BCUT2D eigenvalue weighted by Gasteiger charge is 2.16. The van der Waals surface area contributed by atoms with Crippen molar-refractivity contribution in [2.24, 2.45) is 0 Å². The van der Waals surface area contributed by atoms with Gasteiger partial charge in [-0.05, 0) is 42.2 Å². The minimum atomic E-state index is 0.0945. The average Bonchev–Trinajstić information content (AvgIpc) is 2.59. The molecule has 0 aliphatic carbocycles. The molecule has 0 saturated carbocycles. The van der Waals surface area contributed by atoms with Crippen molar-refractivity contribution in [3.63, 3.8) is 0 Å². The molecule has 0 spiro atoms. The minimum absolute atomic E-state index is 0.0945. The number of aryl methyl sites for hydroxylation is 2. The second-order valence-corrected chi connectivity index (χ2v) is 5.92. The summed E-state index contributed by atoms with van der Waals surface area (Å²) < 4.78 is 0. The Balaban J connectivity index is 1.90. The van der Waals surface area contributed by atoms with Crippen molar-refractivity contribution in [3.8, 4) is 0 Å². The lowest BCUT2D eigenvalue weighted by molar-refractivity contribution is 0.589. The Morgan fingerprint density at radius 1 is 0.870 bits per heavy atom. The van der Waals surface area contributed by atoms with Crippen molar-refractivity contribution in [1.82, 2.24) is 10.3 Å². The quantitative estimate of drug-likeness (QED) is 0.746. The molecule has 0 radical (unpaired) electrons. The minimum Gasteiger partial charge on any atom is -0.301 e. The highest BCUT2D eigenvalue weighted by molar-refractivity contribution is 5.35. The number of aromatic nitrogens is 1. The molecule has 2 aromatic carbocycles. The molecule has 1 N–H and O–H groups in total. The fourth-order valence-electron chi connectivity index (χ4n) is 2.75. The molecule has 0 aliphatic rings. The van der Waals surface area contributed by atoms with Crippen LogP contribution in [-0.2, 0) is 6.54 Å². The summed E-state index contributed by atoms with van der Waals surface area (Å²) in [4.78, 5) is 4.65. The summed E-state index contributed by atoms with van der Waals surface area (Å²) in [7, 11) is 0. The molecule has 0 aliphatic heterocycles. The normalized spacial score (nSPS) is 12.1. The summed E-state index contributed by atoms with van der Waals surface area (Å²) in [6.45, 7) is 5.03. The van der Waals surface area contributed by atoms with Crippen molar-refractivity contribution in [3.05, 3.63) is 101 Å². The van der Waals surface area contributed by atoms with Gasteiger partial charge in [-0.2, -0.15) is 0 Å². The lowest BCUT2D eigenvalue weighted by atomic mass is 9.97. The standard InChI is InChI=1S/C21H22N2/c1-16-12-13-20(22-14-16)21(19-11-7-6-8-17(19)2)23-15-18-9-4-3-5-10-18/h3-14,21,23H,15H2,1-2H3. The van der Waals surface area contributed by atoms with Gasteiger partial charge in [-0.15, -0.1) is 0 Å². The van der Waals surface area contributed by atoms with Crippen LogP contribution in [0.1, 0.15) is 34.0 Å². The molecule has 2 heteroatoms. The Bertz CT molecular complexity index is 748. The molecule has 3 aromatic rings. The van der Waals surface area contributed by atoms with E-state index in [9.17, 15) is 0 Å². The fourth-order valence-corrected chi connectivity index (χ4v) is 2.75. The van der Waals surface area contributed by atoms with Crippen molar-refractivity contribution >= 4 is 0 Å². The molecule has 3 rings (SSSR count). The van der Waals surface area contributed by atoms with E-state index >= 15 is 0 Å². The van der Waals surface area contributed by atoms with E-state index < -0.39 is 0 Å². The Morgan fingerprint density at radius 3 is 2.30 bits per heavy atom. The third-order valence-electron chi connectivity index (χ3n) is 4.08. The lowest BCUT2D eigenvalue weighted by Crippen LogP contribution is -2.23. The Hall–Kier alpha value is -2.45. The van der Waals surface area contributed by atoms with E-state index in [1.165, 1.54) is 22.3 Å². The molecule has 0 amide bonds. The van der Waals surface area contributed by atoms with Crippen LogP contribution in [0, 0.1) is 13.8 Å². The molecule has 0 bridgehead atoms. The maximum atomic E-state index is 4.65. The molecule has 1 heterocycles. The highest BCUT2D eigenvalue weighted by atomic mass is 14.9. The van der Waals surface area contributed by atoms with E-state index in [1.54, 1.807) is 0 Å². The summed E-state index contributed by atoms with van der Waals surface area (Å²) in [5.41, 5.74) is 6.07. The molecule has 1 unspecified atom stereocenters. The van der Waals surface area contributed by atoms with Gasteiger partial charge < -0.3 is 5.32 Å². The van der Waals surface area contributed by atoms with Crippen molar-refractivity contribution < 1.29 is 0 Å². The second kappa shape index (κ2) is 7.21. The van der Waals surface area contributed by atoms with E-state index in [0.717, 1.165) is 12.2 Å². The van der Waals surface area contributed by atoms with Gasteiger partial charge in [0.05, 0.1) is 11.7 Å². The average molecular weight is 302 g/mol. The first-order chi connectivity index (χ1) is 11.2. The smallest absolute Gasteiger partial charge is 0.0756 e. The Labute approximate surface area is 138 Å². The highest BCUT2D eigenvalue weighted by Crippen LogP contribution is 2.24. The number of benzene rings is 2. The number of pyridine rings is 1. The number of hydrogen-bond donors (Lipinski definition) is 1. The van der Waals surface area contributed by atoms with Crippen molar-refractivity contribution in [2.75, 3.05) is 0 Å². The van der Waals surface area contributed by atoms with Crippen LogP contribution in [-0.4, -0.2) is 4.98 Å². The van der Waals surface area contributed by atoms with Crippen LogP contribution in [0.3, 0.4) is 0 Å². The van der Waals surface area contributed by atoms with Gasteiger partial charge in [0.15, 0.2) is 0 Å². The van der Waals surface area contributed by atoms with Crippen LogP contribution >= 0.6 is 0 Å². The maximum absolute atomic E-state index is 4.65. The summed E-state index contributed by atoms with van der Waals surface area (Å²) in [6, 6.07) is 23.3. The summed E-state index contributed by atoms with van der Waals surface area (Å²) in [6.07, 6.45) is 1.94. The van der Waals surface area contributed by atoms with Crippen LogP contribution in [0.25, 0.3) is 0 Å². The first kappa shape index (κ1) is 15.4. The zero-order valence-corrected chi connectivity index (χ0v) is 13.7. The van der Waals surface area contributed by atoms with Gasteiger partial charge in [0.1, 0.15) is 0 Å². The Kier molecular flexibility index (Phi) is 4.84. The topological polar surface area (TPSA) is 24.9 Å². The SMILES string of the molecule is Cc1ccc(C(NCc2ccccc2)c2ccccc2C)nc1. The van der Waals surface area contributed by atoms with E-state index in [0.29, 0.717) is 0 Å². The number of hydrogen-bond acceptors (Lipinski definition) is 2. The van der Waals surface area contributed by atoms with Gasteiger partial charge in [-0.25, -0.2) is 0 Å². The Morgan fingerprint density at radius 2 is 1.61 bits per heavy atom. The third-order valence-corrected chi connectivity index (χ3v) is 4.08. The van der Waals surface area contributed by atoms with Crippen molar-refractivity contribution in [1.29, 1.82) is 0 Å². The third kappa shape index (κ3) is 3.85. The zero-order chi connectivity index (χ0) is 16.1. The van der Waals surface area contributed by atoms with Crippen LogP contribution in [0.2, 0.25) is 0 Å². The molecule has 0 fully saturated rings. The van der Waals surface area contributed by atoms with Gasteiger partial charge >= 0.3 is 0 Å². The van der Waals surface area contributed by atoms with Crippen LogP contribution < -0.4 is 5.32 Å². The van der Waals surface area contributed by atoms with E-state index in [1.807, 2.05) is 12.3 Å². The zero-order valence-electron chi connectivity index (χ0n) is 13.7. The molecule has 0 saturated heterocycles. The van der Waals surface area contributed by atoms with Crippen molar-refractivity contribution in [2.45, 2.75) is 26.4 Å². The van der Waals surface area contributed by atoms with Crippen LogP contribution in [0.15, 0.2) is 72.9 Å². The predicted molar refractivity (Wildman–Crippen MR) is 95.3 cm³/mol. The molecule has 2 nitrogen and oxygen atoms in total. The van der Waals surface area contributed by atoms with Gasteiger partial charge in [-0.3, -0.25) is 4.98 Å². The largest absolute Gasteiger partial charge is 0.301 e. The van der Waals surface area contributed by atoms with Gasteiger partial charge in [0.2, 0.25) is 0 Å². The number of rotatable bonds is 5. The lowest BCUT2D eigenvalue weighted by Gasteiger charge is -2.21. The second-order valence-electron chi connectivity index (χ2n) is 5.92. The summed E-state index contributed by atoms with van der Waals surface area (Å²) >= 11 is 0.